The Hall–Kier alpha value is -7.11. The molecule has 11 aromatic rings. The van der Waals surface area contributed by atoms with E-state index in [4.69, 9.17) is 15.0 Å². The summed E-state index contributed by atoms with van der Waals surface area (Å²) >= 11 is 0. The first-order chi connectivity index (χ1) is 25.8. The average Bonchev–Trinajstić information content (AvgIpc) is 3.73. The minimum Gasteiger partial charge on any atom is -0.309 e. The fourth-order valence-electron chi connectivity index (χ4n) is 8.12. The Kier molecular flexibility index (Phi) is 6.18. The van der Waals surface area contributed by atoms with Crippen LogP contribution in [0.25, 0.3) is 99.6 Å². The van der Waals surface area contributed by atoms with Crippen molar-refractivity contribution in [3.05, 3.63) is 176 Å². The Balaban J connectivity index is 1.26. The maximum atomic E-state index is 5.29. The van der Waals surface area contributed by atoms with Crippen LogP contribution in [0.15, 0.2) is 176 Å². The van der Waals surface area contributed by atoms with E-state index in [0.29, 0.717) is 17.6 Å². The molecule has 5 heteroatoms. The van der Waals surface area contributed by atoms with Crippen molar-refractivity contribution in [3.8, 4) is 34.4 Å². The number of para-hydroxylation sites is 2. The highest BCUT2D eigenvalue weighted by atomic mass is 15.2. The summed E-state index contributed by atoms with van der Waals surface area (Å²) in [5.41, 5.74) is 7.49. The van der Waals surface area contributed by atoms with E-state index in [0.717, 1.165) is 49.5 Å². The Labute approximate surface area is 298 Å². The summed E-state index contributed by atoms with van der Waals surface area (Å²) < 4.78 is 4.64. The second-order valence-corrected chi connectivity index (χ2v) is 13.2. The lowest BCUT2D eigenvalue weighted by Gasteiger charge is -2.12. The maximum absolute atomic E-state index is 5.29. The molecule has 52 heavy (non-hydrogen) atoms. The van der Waals surface area contributed by atoms with Crippen LogP contribution in [-0.2, 0) is 0 Å². The largest absolute Gasteiger partial charge is 0.309 e. The summed E-state index contributed by atoms with van der Waals surface area (Å²) in [6, 6.07) is 62.0. The van der Waals surface area contributed by atoms with Gasteiger partial charge in [-0.05, 0) is 46.5 Å². The predicted molar refractivity (Wildman–Crippen MR) is 214 cm³/mol. The van der Waals surface area contributed by atoms with Gasteiger partial charge < -0.3 is 4.57 Å². The molecule has 3 aromatic heterocycles. The summed E-state index contributed by atoms with van der Waals surface area (Å²) in [4.78, 5) is 15.6. The van der Waals surface area contributed by atoms with Crippen LogP contribution in [0.4, 0.5) is 0 Å². The van der Waals surface area contributed by atoms with E-state index in [1.54, 1.807) is 0 Å². The first-order valence-electron chi connectivity index (χ1n) is 17.6. The lowest BCUT2D eigenvalue weighted by Crippen LogP contribution is -2.06. The van der Waals surface area contributed by atoms with E-state index >= 15 is 0 Å². The van der Waals surface area contributed by atoms with Crippen molar-refractivity contribution in [1.82, 2.24) is 24.1 Å². The van der Waals surface area contributed by atoms with Crippen molar-refractivity contribution in [2.75, 3.05) is 0 Å². The van der Waals surface area contributed by atoms with Gasteiger partial charge in [0.15, 0.2) is 11.6 Å². The van der Waals surface area contributed by atoms with Crippen molar-refractivity contribution in [3.63, 3.8) is 0 Å². The first-order valence-corrected chi connectivity index (χ1v) is 17.6. The van der Waals surface area contributed by atoms with Gasteiger partial charge in [0.1, 0.15) is 0 Å². The molecule has 0 amide bonds. The molecule has 242 valence electrons. The number of hydrogen-bond donors (Lipinski definition) is 0. The fourth-order valence-corrected chi connectivity index (χ4v) is 8.12. The van der Waals surface area contributed by atoms with Crippen molar-refractivity contribution >= 4 is 65.2 Å². The van der Waals surface area contributed by atoms with Gasteiger partial charge in [0.05, 0.1) is 27.8 Å². The Morgan fingerprint density at radius 2 is 0.846 bits per heavy atom. The molecule has 0 aliphatic carbocycles. The van der Waals surface area contributed by atoms with Gasteiger partial charge in [0.25, 0.3) is 0 Å². The number of benzene rings is 8. The van der Waals surface area contributed by atoms with Crippen LogP contribution in [0.5, 0.6) is 0 Å². The van der Waals surface area contributed by atoms with E-state index in [9.17, 15) is 0 Å². The lowest BCUT2D eigenvalue weighted by molar-refractivity contribution is 0.954. The van der Waals surface area contributed by atoms with Crippen LogP contribution in [-0.4, -0.2) is 24.1 Å². The highest BCUT2D eigenvalue weighted by molar-refractivity contribution is 6.29. The highest BCUT2D eigenvalue weighted by Crippen LogP contribution is 2.43. The van der Waals surface area contributed by atoms with E-state index in [2.05, 4.69) is 167 Å². The topological polar surface area (TPSA) is 48.5 Å². The van der Waals surface area contributed by atoms with Crippen LogP contribution < -0.4 is 0 Å². The average molecular weight is 664 g/mol. The molecule has 0 spiro atoms. The monoisotopic (exact) mass is 663 g/mol. The highest BCUT2D eigenvalue weighted by Gasteiger charge is 2.23. The van der Waals surface area contributed by atoms with Gasteiger partial charge in [-0.3, -0.25) is 4.57 Å². The zero-order valence-electron chi connectivity index (χ0n) is 28.0. The molecule has 0 saturated carbocycles. The Morgan fingerprint density at radius 1 is 0.327 bits per heavy atom. The molecule has 0 radical (unpaired) electrons. The third-order valence-electron chi connectivity index (χ3n) is 10.4. The quantitative estimate of drug-likeness (QED) is 0.188. The normalized spacial score (nSPS) is 11.8. The molecule has 0 N–H and O–H groups in total. The molecule has 0 aliphatic heterocycles. The minimum absolute atomic E-state index is 0.583. The molecule has 0 saturated heterocycles. The number of nitrogens with zero attached hydrogens (tertiary/aromatic N) is 5. The third kappa shape index (κ3) is 4.20. The second kappa shape index (κ2) is 11.2. The standard InChI is InChI=1S/C47H29N5/c1-2-16-32(17-3-1)45-48-46(35-24-12-18-30-14-4-6-20-33(30)35)50-47(49-45)52-40-26-11-9-23-37(40)44-42(52)29-28-41-43(44)36-22-8-10-25-39(36)51(41)38-27-13-19-31-15-5-7-21-34(31)38/h1-29H. The maximum Gasteiger partial charge on any atom is 0.238 e. The minimum atomic E-state index is 0.583. The molecule has 8 aromatic carbocycles. The summed E-state index contributed by atoms with van der Waals surface area (Å²) in [7, 11) is 0. The van der Waals surface area contributed by atoms with Crippen LogP contribution in [0.1, 0.15) is 0 Å². The van der Waals surface area contributed by atoms with E-state index in [1.807, 2.05) is 18.2 Å². The molecule has 0 fully saturated rings. The van der Waals surface area contributed by atoms with E-state index in [1.165, 1.54) is 32.4 Å². The van der Waals surface area contributed by atoms with Gasteiger partial charge >= 0.3 is 0 Å². The summed E-state index contributed by atoms with van der Waals surface area (Å²) in [5.74, 6) is 1.86. The van der Waals surface area contributed by atoms with Crippen molar-refractivity contribution < 1.29 is 0 Å². The summed E-state index contributed by atoms with van der Waals surface area (Å²) in [6.07, 6.45) is 0. The van der Waals surface area contributed by atoms with Crippen molar-refractivity contribution in [1.29, 1.82) is 0 Å². The van der Waals surface area contributed by atoms with E-state index in [-0.39, 0.29) is 0 Å². The second-order valence-electron chi connectivity index (χ2n) is 13.2. The van der Waals surface area contributed by atoms with Gasteiger partial charge in [-0.15, -0.1) is 0 Å². The zero-order valence-corrected chi connectivity index (χ0v) is 28.0. The lowest BCUT2D eigenvalue weighted by atomic mass is 10.0. The van der Waals surface area contributed by atoms with Crippen molar-refractivity contribution in [2.45, 2.75) is 0 Å². The zero-order chi connectivity index (χ0) is 34.2. The van der Waals surface area contributed by atoms with Crippen LogP contribution >= 0.6 is 0 Å². The van der Waals surface area contributed by atoms with Gasteiger partial charge in [-0.25, -0.2) is 4.98 Å². The van der Waals surface area contributed by atoms with Gasteiger partial charge in [-0.1, -0.05) is 146 Å². The van der Waals surface area contributed by atoms with Gasteiger partial charge in [0, 0.05) is 38.1 Å². The summed E-state index contributed by atoms with van der Waals surface area (Å²) in [5, 5.41) is 9.42. The number of aromatic nitrogens is 5. The molecule has 0 aliphatic rings. The Bertz CT molecular complexity index is 3180. The van der Waals surface area contributed by atoms with Gasteiger partial charge in [-0.2, -0.15) is 9.97 Å². The molecule has 5 nitrogen and oxygen atoms in total. The van der Waals surface area contributed by atoms with Crippen molar-refractivity contribution in [2.24, 2.45) is 0 Å². The van der Waals surface area contributed by atoms with Crippen LogP contribution in [0.3, 0.4) is 0 Å². The van der Waals surface area contributed by atoms with Crippen LogP contribution in [0.2, 0.25) is 0 Å². The number of hydrogen-bond acceptors (Lipinski definition) is 3. The van der Waals surface area contributed by atoms with Crippen LogP contribution in [0, 0.1) is 0 Å². The molecule has 0 unspecified atom stereocenters. The third-order valence-corrected chi connectivity index (χ3v) is 10.4. The molecular weight excluding hydrogens is 635 g/mol. The summed E-state index contributed by atoms with van der Waals surface area (Å²) in [6.45, 7) is 0. The SMILES string of the molecule is c1ccc(-c2nc(-c3cccc4ccccc34)nc(-n3c4ccccc4c4c5c6ccccc6n(-c6cccc7ccccc67)c5ccc43)n2)cc1. The number of rotatable bonds is 4. The molecule has 0 atom stereocenters. The van der Waals surface area contributed by atoms with E-state index < -0.39 is 0 Å². The molecule has 3 heterocycles. The smallest absolute Gasteiger partial charge is 0.238 e. The van der Waals surface area contributed by atoms with Gasteiger partial charge in [0.2, 0.25) is 5.95 Å². The Morgan fingerprint density at radius 3 is 1.58 bits per heavy atom. The molecule has 0 bridgehead atoms. The fraction of sp³-hybridized carbons (Fsp3) is 0. The molecular formula is C47H29N5. The predicted octanol–water partition coefficient (Wildman–Crippen LogP) is 11.7. The number of fused-ring (bicyclic) bond motifs is 9. The first kappa shape index (κ1) is 28.7. The molecule has 11 rings (SSSR count).